The van der Waals surface area contributed by atoms with Crippen LogP contribution in [-0.2, 0) is 0 Å². The number of nitrogens with zero attached hydrogens (tertiary/aromatic N) is 1. The smallest absolute Gasteiger partial charge is 0.161 e. The van der Waals surface area contributed by atoms with Crippen molar-refractivity contribution in [2.24, 2.45) is 0 Å². The standard InChI is InChI=1S/C10H12F2.C10H10FN.C9H10F2.C9H11F/c1-6(2)8-4-7(3)10(12)9(11)5-8;1-7(2)8-3-4-10(11)9(5-8)6-12;1-6(2)7-3-4-8(10)9(11)5-7;1-7(2)8-3-5-9(10)6-4-8/h4-6H,1-3H3;3-5,7H,1-2H3;3-6H,1-2H3;3-7H,1-2H3. The summed E-state index contributed by atoms with van der Waals surface area (Å²) in [6.07, 6.45) is 0. The van der Waals surface area contributed by atoms with E-state index in [2.05, 4.69) is 13.8 Å². The first-order valence-electron chi connectivity index (χ1n) is 14.8. The second-order valence-electron chi connectivity index (χ2n) is 11.8. The summed E-state index contributed by atoms with van der Waals surface area (Å²) in [6.45, 7) is 17.5. The third-order valence-electron chi connectivity index (χ3n) is 6.82. The van der Waals surface area contributed by atoms with Crippen molar-refractivity contribution in [2.75, 3.05) is 0 Å². The Morgan fingerprint density at radius 3 is 1.31 bits per heavy atom. The highest BCUT2D eigenvalue weighted by atomic mass is 19.2. The largest absolute Gasteiger partial charge is 0.207 e. The first-order valence-corrected chi connectivity index (χ1v) is 14.8. The minimum Gasteiger partial charge on any atom is -0.207 e. The van der Waals surface area contributed by atoms with Gasteiger partial charge in [-0.25, -0.2) is 26.3 Å². The van der Waals surface area contributed by atoms with E-state index >= 15 is 0 Å². The van der Waals surface area contributed by atoms with Gasteiger partial charge in [0.1, 0.15) is 17.7 Å². The molecule has 242 valence electrons. The van der Waals surface area contributed by atoms with Crippen LogP contribution in [0.1, 0.15) is 112 Å². The van der Waals surface area contributed by atoms with Gasteiger partial charge in [-0.05, 0) is 101 Å². The van der Waals surface area contributed by atoms with Gasteiger partial charge in [-0.1, -0.05) is 85.7 Å². The molecule has 4 aromatic carbocycles. The Morgan fingerprint density at radius 2 is 0.889 bits per heavy atom. The fourth-order valence-electron chi connectivity index (χ4n) is 3.79. The van der Waals surface area contributed by atoms with Crippen LogP contribution >= 0.6 is 0 Å². The zero-order valence-electron chi connectivity index (χ0n) is 27.5. The molecule has 4 aromatic rings. The van der Waals surface area contributed by atoms with Crippen LogP contribution in [-0.4, -0.2) is 0 Å². The van der Waals surface area contributed by atoms with E-state index in [0.29, 0.717) is 17.4 Å². The van der Waals surface area contributed by atoms with Gasteiger partial charge in [0.15, 0.2) is 23.3 Å². The molecular weight excluding hydrogens is 584 g/mol. The fourth-order valence-corrected chi connectivity index (χ4v) is 3.79. The molecule has 0 unspecified atom stereocenters. The van der Waals surface area contributed by atoms with Gasteiger partial charge in [-0.3, -0.25) is 0 Å². The normalized spacial score (nSPS) is 10.4. The average molecular weight is 628 g/mol. The van der Waals surface area contributed by atoms with Crippen LogP contribution in [0.5, 0.6) is 0 Å². The van der Waals surface area contributed by atoms with Gasteiger partial charge in [-0.2, -0.15) is 5.26 Å². The summed E-state index contributed by atoms with van der Waals surface area (Å²) >= 11 is 0. The molecule has 0 N–H and O–H groups in total. The van der Waals surface area contributed by atoms with Gasteiger partial charge >= 0.3 is 0 Å². The lowest BCUT2D eigenvalue weighted by Crippen LogP contribution is -1.95. The zero-order valence-corrected chi connectivity index (χ0v) is 27.5. The quantitative estimate of drug-likeness (QED) is 0.207. The highest BCUT2D eigenvalue weighted by Crippen LogP contribution is 2.21. The number of halogens is 6. The number of hydrogen-bond donors (Lipinski definition) is 0. The highest BCUT2D eigenvalue weighted by molar-refractivity contribution is 5.35. The molecule has 0 bridgehead atoms. The maximum absolute atomic E-state index is 12.8. The molecule has 0 amide bonds. The number of nitriles is 1. The molecule has 7 heteroatoms. The molecule has 4 rings (SSSR count). The van der Waals surface area contributed by atoms with Gasteiger partial charge < -0.3 is 0 Å². The van der Waals surface area contributed by atoms with Crippen LogP contribution in [0.15, 0.2) is 72.8 Å². The summed E-state index contributed by atoms with van der Waals surface area (Å²) in [4.78, 5) is 0. The SMILES string of the molecule is CC(C)c1ccc(F)c(C#N)c1.CC(C)c1ccc(F)c(F)c1.CC(C)c1ccc(F)cc1.Cc1cc(C(C)C)cc(F)c1F. The van der Waals surface area contributed by atoms with Crippen LogP contribution < -0.4 is 0 Å². The van der Waals surface area contributed by atoms with Crippen LogP contribution in [0, 0.1) is 53.2 Å². The molecule has 0 radical (unpaired) electrons. The molecule has 0 spiro atoms. The molecule has 45 heavy (non-hydrogen) atoms. The van der Waals surface area contributed by atoms with Crippen LogP contribution in [0.4, 0.5) is 26.3 Å². The fraction of sp³-hybridized carbons (Fsp3) is 0.342. The van der Waals surface area contributed by atoms with Crippen molar-refractivity contribution in [3.05, 3.63) is 141 Å². The Morgan fingerprint density at radius 1 is 0.467 bits per heavy atom. The lowest BCUT2D eigenvalue weighted by molar-refractivity contribution is 0.500. The molecule has 0 aromatic heterocycles. The molecule has 0 atom stereocenters. The lowest BCUT2D eigenvalue weighted by Gasteiger charge is -2.07. The van der Waals surface area contributed by atoms with E-state index in [1.807, 2.05) is 59.7 Å². The monoisotopic (exact) mass is 627 g/mol. The first-order chi connectivity index (χ1) is 21.0. The van der Waals surface area contributed by atoms with Crippen LogP contribution in [0.2, 0.25) is 0 Å². The summed E-state index contributed by atoms with van der Waals surface area (Å²) in [5, 5.41) is 8.53. The van der Waals surface area contributed by atoms with Crippen molar-refractivity contribution in [1.29, 1.82) is 5.26 Å². The van der Waals surface area contributed by atoms with E-state index in [0.717, 1.165) is 22.8 Å². The molecular formula is C38H43F6N. The van der Waals surface area contributed by atoms with Crippen molar-refractivity contribution in [3.8, 4) is 6.07 Å². The van der Waals surface area contributed by atoms with Crippen molar-refractivity contribution < 1.29 is 26.3 Å². The number of rotatable bonds is 4. The maximum Gasteiger partial charge on any atom is 0.161 e. The summed E-state index contributed by atoms with van der Waals surface area (Å²) in [7, 11) is 0. The van der Waals surface area contributed by atoms with E-state index in [-0.39, 0.29) is 23.2 Å². The molecule has 0 saturated carbocycles. The van der Waals surface area contributed by atoms with Gasteiger partial charge in [0, 0.05) is 0 Å². The molecule has 0 aliphatic carbocycles. The highest BCUT2D eigenvalue weighted by Gasteiger charge is 2.09. The zero-order chi connectivity index (χ0) is 34.4. The average Bonchev–Trinajstić information content (AvgIpc) is 2.98. The number of benzene rings is 4. The van der Waals surface area contributed by atoms with E-state index in [9.17, 15) is 26.3 Å². The summed E-state index contributed by atoms with van der Waals surface area (Å²) in [5.74, 6) is -2.35. The third kappa shape index (κ3) is 13.2. The van der Waals surface area contributed by atoms with E-state index < -0.39 is 29.1 Å². The van der Waals surface area contributed by atoms with Gasteiger partial charge in [0.05, 0.1) is 5.56 Å². The van der Waals surface area contributed by atoms with Crippen molar-refractivity contribution >= 4 is 0 Å². The van der Waals surface area contributed by atoms with E-state index in [1.165, 1.54) is 35.9 Å². The second kappa shape index (κ2) is 18.7. The van der Waals surface area contributed by atoms with Gasteiger partial charge in [-0.15, -0.1) is 0 Å². The Labute approximate surface area is 264 Å². The Balaban J connectivity index is 0.000000301. The summed E-state index contributed by atoms with van der Waals surface area (Å²) in [5.41, 5.74) is 4.34. The summed E-state index contributed by atoms with van der Waals surface area (Å²) in [6, 6.07) is 20.0. The van der Waals surface area contributed by atoms with Crippen LogP contribution in [0.25, 0.3) is 0 Å². The first kappa shape index (κ1) is 39.0. The van der Waals surface area contributed by atoms with Crippen molar-refractivity contribution in [2.45, 2.75) is 86.0 Å². The molecule has 0 saturated heterocycles. The van der Waals surface area contributed by atoms with Crippen LogP contribution in [0.3, 0.4) is 0 Å². The van der Waals surface area contributed by atoms with Gasteiger partial charge in [0.2, 0.25) is 0 Å². The molecule has 0 aliphatic rings. The second-order valence-corrected chi connectivity index (χ2v) is 11.8. The number of hydrogen-bond acceptors (Lipinski definition) is 1. The third-order valence-corrected chi connectivity index (χ3v) is 6.82. The van der Waals surface area contributed by atoms with Crippen molar-refractivity contribution in [1.82, 2.24) is 0 Å². The predicted molar refractivity (Wildman–Crippen MR) is 171 cm³/mol. The lowest BCUT2D eigenvalue weighted by atomic mass is 10.0. The molecule has 0 aliphatic heterocycles. The van der Waals surface area contributed by atoms with Crippen molar-refractivity contribution in [3.63, 3.8) is 0 Å². The maximum atomic E-state index is 12.8. The minimum atomic E-state index is -0.783. The number of aryl methyl sites for hydroxylation is 1. The van der Waals surface area contributed by atoms with Gasteiger partial charge in [0.25, 0.3) is 0 Å². The Bertz CT molecular complexity index is 1510. The minimum absolute atomic E-state index is 0.126. The topological polar surface area (TPSA) is 23.8 Å². The predicted octanol–water partition coefficient (Wildman–Crippen LogP) is 12.3. The molecule has 0 heterocycles. The Kier molecular flexibility index (Phi) is 16.2. The molecule has 1 nitrogen and oxygen atoms in total. The van der Waals surface area contributed by atoms with E-state index in [1.54, 1.807) is 31.2 Å². The summed E-state index contributed by atoms with van der Waals surface area (Å²) < 4.78 is 75.7. The van der Waals surface area contributed by atoms with E-state index in [4.69, 9.17) is 5.26 Å². The Hall–Kier alpha value is -4.05. The molecule has 0 fully saturated rings.